The van der Waals surface area contributed by atoms with Crippen molar-refractivity contribution in [1.29, 1.82) is 0 Å². The van der Waals surface area contributed by atoms with Crippen molar-refractivity contribution in [1.82, 2.24) is 19.7 Å². The molecule has 14 heavy (non-hydrogen) atoms. The second kappa shape index (κ2) is 5.07. The molecule has 0 radical (unpaired) electrons. The third-order valence-corrected chi connectivity index (χ3v) is 2.24. The average Bonchev–Trinajstić information content (AvgIpc) is 2.51. The standard InChI is InChI=1S/C9H19N5/c1-8(4-10)5-13(2)6-9-11-7-12-14(9)3/h7-8H,4-6,10H2,1-3H3. The van der Waals surface area contributed by atoms with Gasteiger partial charge in [-0.2, -0.15) is 5.10 Å². The lowest BCUT2D eigenvalue weighted by molar-refractivity contribution is 0.272. The van der Waals surface area contributed by atoms with E-state index in [-0.39, 0.29) is 0 Å². The summed E-state index contributed by atoms with van der Waals surface area (Å²) in [5.41, 5.74) is 5.56. The molecular weight excluding hydrogens is 178 g/mol. The van der Waals surface area contributed by atoms with E-state index in [1.807, 2.05) is 7.05 Å². The van der Waals surface area contributed by atoms with Crippen LogP contribution >= 0.6 is 0 Å². The summed E-state index contributed by atoms with van der Waals surface area (Å²) < 4.78 is 1.80. The van der Waals surface area contributed by atoms with E-state index >= 15 is 0 Å². The Bertz CT molecular complexity index is 270. The van der Waals surface area contributed by atoms with E-state index in [4.69, 9.17) is 5.73 Å². The van der Waals surface area contributed by atoms with Gasteiger partial charge in [0.2, 0.25) is 0 Å². The maximum Gasteiger partial charge on any atom is 0.140 e. The van der Waals surface area contributed by atoms with Crippen LogP contribution in [0.1, 0.15) is 12.7 Å². The summed E-state index contributed by atoms with van der Waals surface area (Å²) in [6.45, 7) is 4.68. The smallest absolute Gasteiger partial charge is 0.140 e. The van der Waals surface area contributed by atoms with Crippen LogP contribution in [0.2, 0.25) is 0 Å². The zero-order chi connectivity index (χ0) is 10.6. The third kappa shape index (κ3) is 3.08. The van der Waals surface area contributed by atoms with Crippen LogP contribution < -0.4 is 5.73 Å². The Kier molecular flexibility index (Phi) is 4.03. The third-order valence-electron chi connectivity index (χ3n) is 2.24. The molecule has 80 valence electrons. The number of nitrogens with zero attached hydrogens (tertiary/aromatic N) is 4. The summed E-state index contributed by atoms with van der Waals surface area (Å²) in [4.78, 5) is 6.38. The Hall–Kier alpha value is -0.940. The summed E-state index contributed by atoms with van der Waals surface area (Å²) >= 11 is 0. The van der Waals surface area contributed by atoms with Gasteiger partial charge in [-0.1, -0.05) is 6.92 Å². The Morgan fingerprint density at radius 3 is 2.86 bits per heavy atom. The topological polar surface area (TPSA) is 60.0 Å². The van der Waals surface area contributed by atoms with Gasteiger partial charge in [0, 0.05) is 13.6 Å². The van der Waals surface area contributed by atoms with Crippen LogP contribution in [0.25, 0.3) is 0 Å². The van der Waals surface area contributed by atoms with Crippen LogP contribution in [0, 0.1) is 5.92 Å². The van der Waals surface area contributed by atoms with E-state index in [9.17, 15) is 0 Å². The van der Waals surface area contributed by atoms with E-state index < -0.39 is 0 Å². The molecule has 0 amide bonds. The number of hydrogen-bond acceptors (Lipinski definition) is 4. The maximum absolute atomic E-state index is 5.56. The fraction of sp³-hybridized carbons (Fsp3) is 0.778. The normalized spacial score (nSPS) is 13.5. The van der Waals surface area contributed by atoms with Gasteiger partial charge in [-0.25, -0.2) is 4.98 Å². The lowest BCUT2D eigenvalue weighted by atomic mass is 10.2. The molecule has 2 N–H and O–H groups in total. The van der Waals surface area contributed by atoms with Gasteiger partial charge in [0.1, 0.15) is 12.2 Å². The molecule has 1 atom stereocenters. The largest absolute Gasteiger partial charge is 0.330 e. The van der Waals surface area contributed by atoms with Crippen molar-refractivity contribution in [2.45, 2.75) is 13.5 Å². The van der Waals surface area contributed by atoms with E-state index in [1.54, 1.807) is 11.0 Å². The molecule has 1 aromatic heterocycles. The number of nitrogens with two attached hydrogens (primary N) is 1. The van der Waals surface area contributed by atoms with E-state index in [1.165, 1.54) is 0 Å². The predicted octanol–water partition coefficient (Wildman–Crippen LogP) is -0.158. The second-order valence-corrected chi connectivity index (χ2v) is 3.84. The molecule has 1 rings (SSSR count). The van der Waals surface area contributed by atoms with Gasteiger partial charge in [-0.05, 0) is 19.5 Å². The van der Waals surface area contributed by atoms with Gasteiger partial charge < -0.3 is 5.73 Å². The van der Waals surface area contributed by atoms with Crippen molar-refractivity contribution >= 4 is 0 Å². The van der Waals surface area contributed by atoms with Gasteiger partial charge in [0.05, 0.1) is 6.54 Å². The predicted molar refractivity (Wildman–Crippen MR) is 55.6 cm³/mol. The number of rotatable bonds is 5. The fourth-order valence-electron chi connectivity index (χ4n) is 1.38. The molecule has 5 heteroatoms. The van der Waals surface area contributed by atoms with Gasteiger partial charge in [-0.15, -0.1) is 0 Å². The van der Waals surface area contributed by atoms with E-state index in [0.29, 0.717) is 5.92 Å². The van der Waals surface area contributed by atoms with Crippen LogP contribution in [0.5, 0.6) is 0 Å². The molecule has 1 unspecified atom stereocenters. The zero-order valence-corrected chi connectivity index (χ0v) is 9.14. The zero-order valence-electron chi connectivity index (χ0n) is 9.14. The van der Waals surface area contributed by atoms with Crippen LogP contribution in [0.15, 0.2) is 6.33 Å². The first-order valence-corrected chi connectivity index (χ1v) is 4.85. The molecular formula is C9H19N5. The lowest BCUT2D eigenvalue weighted by Gasteiger charge is -2.19. The van der Waals surface area contributed by atoms with Crippen molar-refractivity contribution in [3.05, 3.63) is 12.2 Å². The molecule has 5 nitrogen and oxygen atoms in total. The highest BCUT2D eigenvalue weighted by molar-refractivity contribution is 4.82. The van der Waals surface area contributed by atoms with Crippen LogP contribution in [-0.2, 0) is 13.6 Å². The van der Waals surface area contributed by atoms with E-state index in [2.05, 4.69) is 29.0 Å². The minimum atomic E-state index is 0.522. The lowest BCUT2D eigenvalue weighted by Crippen LogP contribution is -2.29. The fourth-order valence-corrected chi connectivity index (χ4v) is 1.38. The highest BCUT2D eigenvalue weighted by Crippen LogP contribution is 2.00. The van der Waals surface area contributed by atoms with Crippen LogP contribution in [-0.4, -0.2) is 39.8 Å². The van der Waals surface area contributed by atoms with Crippen molar-refractivity contribution in [3.8, 4) is 0 Å². The molecule has 0 spiro atoms. The summed E-state index contributed by atoms with van der Waals surface area (Å²) in [6.07, 6.45) is 1.58. The first kappa shape index (κ1) is 11.1. The Labute approximate surface area is 84.9 Å². The number of aromatic nitrogens is 3. The Morgan fingerprint density at radius 2 is 2.36 bits per heavy atom. The van der Waals surface area contributed by atoms with Crippen molar-refractivity contribution < 1.29 is 0 Å². The Morgan fingerprint density at radius 1 is 1.64 bits per heavy atom. The van der Waals surface area contributed by atoms with Crippen LogP contribution in [0.3, 0.4) is 0 Å². The molecule has 0 aliphatic carbocycles. The van der Waals surface area contributed by atoms with Crippen molar-refractivity contribution in [2.24, 2.45) is 18.7 Å². The highest BCUT2D eigenvalue weighted by Gasteiger charge is 2.08. The first-order valence-electron chi connectivity index (χ1n) is 4.85. The van der Waals surface area contributed by atoms with Gasteiger partial charge in [0.15, 0.2) is 0 Å². The molecule has 1 heterocycles. The molecule has 0 saturated heterocycles. The van der Waals surface area contributed by atoms with Crippen molar-refractivity contribution in [3.63, 3.8) is 0 Å². The quantitative estimate of drug-likeness (QED) is 0.712. The number of aryl methyl sites for hydroxylation is 1. The minimum absolute atomic E-state index is 0.522. The summed E-state index contributed by atoms with van der Waals surface area (Å²) in [7, 11) is 3.98. The van der Waals surface area contributed by atoms with Crippen LogP contribution in [0.4, 0.5) is 0 Å². The monoisotopic (exact) mass is 197 g/mol. The SMILES string of the molecule is CC(CN)CN(C)Cc1ncnn1C. The molecule has 1 aromatic rings. The average molecular weight is 197 g/mol. The van der Waals surface area contributed by atoms with E-state index in [0.717, 1.165) is 25.5 Å². The molecule has 0 saturated carbocycles. The maximum atomic E-state index is 5.56. The molecule has 0 bridgehead atoms. The molecule has 0 fully saturated rings. The first-order chi connectivity index (χ1) is 6.63. The van der Waals surface area contributed by atoms with Crippen molar-refractivity contribution in [2.75, 3.05) is 20.1 Å². The summed E-state index contributed by atoms with van der Waals surface area (Å²) in [6, 6.07) is 0. The second-order valence-electron chi connectivity index (χ2n) is 3.84. The Balaban J connectivity index is 2.41. The minimum Gasteiger partial charge on any atom is -0.330 e. The molecule has 0 aliphatic heterocycles. The summed E-state index contributed by atoms with van der Waals surface area (Å²) in [5.74, 6) is 1.50. The van der Waals surface area contributed by atoms with Gasteiger partial charge >= 0.3 is 0 Å². The van der Waals surface area contributed by atoms with Gasteiger partial charge in [0.25, 0.3) is 0 Å². The van der Waals surface area contributed by atoms with Gasteiger partial charge in [-0.3, -0.25) is 9.58 Å². The molecule has 0 aliphatic rings. The number of hydrogen-bond donors (Lipinski definition) is 1. The molecule has 0 aromatic carbocycles. The highest BCUT2D eigenvalue weighted by atomic mass is 15.3. The summed E-state index contributed by atoms with van der Waals surface area (Å²) in [5, 5.41) is 4.02.